The van der Waals surface area contributed by atoms with Crippen molar-refractivity contribution in [1.82, 2.24) is 0 Å². The van der Waals surface area contributed by atoms with Crippen molar-refractivity contribution in [2.45, 2.75) is 12.3 Å². The maximum absolute atomic E-state index is 11.0. The molecule has 12 heavy (non-hydrogen) atoms. The molecule has 2 rings (SSSR count). The summed E-state index contributed by atoms with van der Waals surface area (Å²) in [6, 6.07) is 3.73. The first-order valence-electron chi connectivity index (χ1n) is 3.94. The van der Waals surface area contributed by atoms with Crippen molar-refractivity contribution in [2.24, 2.45) is 5.92 Å². The van der Waals surface area contributed by atoms with Gasteiger partial charge >= 0.3 is 5.97 Å². The Morgan fingerprint density at radius 2 is 2.58 bits per heavy atom. The SMILES string of the molecule is COC(=O)C1CC1c1ccco1. The largest absolute Gasteiger partial charge is 0.469 e. The van der Waals surface area contributed by atoms with Crippen LogP contribution in [0.15, 0.2) is 22.8 Å². The van der Waals surface area contributed by atoms with Crippen molar-refractivity contribution in [2.75, 3.05) is 7.11 Å². The number of furan rings is 1. The first kappa shape index (κ1) is 7.40. The first-order chi connectivity index (χ1) is 5.83. The lowest BCUT2D eigenvalue weighted by Crippen LogP contribution is -2.03. The molecule has 3 heteroatoms. The van der Waals surface area contributed by atoms with Gasteiger partial charge in [0.15, 0.2) is 0 Å². The van der Waals surface area contributed by atoms with E-state index >= 15 is 0 Å². The predicted molar refractivity (Wildman–Crippen MR) is 41.6 cm³/mol. The zero-order chi connectivity index (χ0) is 8.55. The van der Waals surface area contributed by atoms with Crippen LogP contribution in [0.5, 0.6) is 0 Å². The molecule has 1 aliphatic rings. The number of hydrogen-bond acceptors (Lipinski definition) is 3. The third-order valence-electron chi connectivity index (χ3n) is 2.20. The van der Waals surface area contributed by atoms with E-state index in [4.69, 9.17) is 4.42 Å². The van der Waals surface area contributed by atoms with Crippen LogP contribution in [0.4, 0.5) is 0 Å². The van der Waals surface area contributed by atoms with E-state index in [1.807, 2.05) is 12.1 Å². The van der Waals surface area contributed by atoms with Crippen LogP contribution in [0.25, 0.3) is 0 Å². The maximum atomic E-state index is 11.0. The fourth-order valence-corrected chi connectivity index (χ4v) is 1.42. The van der Waals surface area contributed by atoms with Gasteiger partial charge in [-0.2, -0.15) is 0 Å². The van der Waals surface area contributed by atoms with E-state index in [2.05, 4.69) is 4.74 Å². The first-order valence-corrected chi connectivity index (χ1v) is 3.94. The Labute approximate surface area is 70.3 Å². The van der Waals surface area contributed by atoms with Gasteiger partial charge in [-0.3, -0.25) is 4.79 Å². The molecule has 0 saturated heterocycles. The molecule has 2 unspecified atom stereocenters. The minimum atomic E-state index is -0.128. The summed E-state index contributed by atoms with van der Waals surface area (Å²) in [4.78, 5) is 11.0. The summed E-state index contributed by atoms with van der Waals surface area (Å²) in [6.45, 7) is 0. The quantitative estimate of drug-likeness (QED) is 0.626. The molecule has 0 aliphatic heterocycles. The van der Waals surface area contributed by atoms with E-state index in [9.17, 15) is 4.79 Å². The van der Waals surface area contributed by atoms with Crippen LogP contribution < -0.4 is 0 Å². The van der Waals surface area contributed by atoms with E-state index in [0.29, 0.717) is 0 Å². The molecule has 0 N–H and O–H groups in total. The molecule has 1 heterocycles. The van der Waals surface area contributed by atoms with Gasteiger partial charge in [0.1, 0.15) is 5.76 Å². The topological polar surface area (TPSA) is 39.4 Å². The van der Waals surface area contributed by atoms with Gasteiger partial charge in [0.05, 0.1) is 19.3 Å². The lowest BCUT2D eigenvalue weighted by atomic mass is 10.2. The molecular weight excluding hydrogens is 156 g/mol. The summed E-state index contributed by atoms with van der Waals surface area (Å²) in [6.07, 6.45) is 2.49. The highest BCUT2D eigenvalue weighted by atomic mass is 16.5. The third kappa shape index (κ3) is 1.11. The van der Waals surface area contributed by atoms with Crippen LogP contribution >= 0.6 is 0 Å². The minimum Gasteiger partial charge on any atom is -0.469 e. The van der Waals surface area contributed by atoms with Crippen LogP contribution in [-0.2, 0) is 9.53 Å². The highest BCUT2D eigenvalue weighted by Crippen LogP contribution is 2.48. The summed E-state index contributed by atoms with van der Waals surface area (Å²) in [5.74, 6) is 1.05. The van der Waals surface area contributed by atoms with Gasteiger partial charge < -0.3 is 9.15 Å². The Morgan fingerprint density at radius 1 is 1.75 bits per heavy atom. The number of esters is 1. The van der Waals surface area contributed by atoms with Crippen molar-refractivity contribution in [1.29, 1.82) is 0 Å². The summed E-state index contributed by atoms with van der Waals surface area (Å²) in [5, 5.41) is 0. The zero-order valence-electron chi connectivity index (χ0n) is 6.82. The molecule has 3 nitrogen and oxygen atoms in total. The average molecular weight is 166 g/mol. The second-order valence-electron chi connectivity index (χ2n) is 2.99. The second kappa shape index (κ2) is 2.66. The van der Waals surface area contributed by atoms with Crippen LogP contribution in [0.2, 0.25) is 0 Å². The van der Waals surface area contributed by atoms with Gasteiger partial charge in [-0.05, 0) is 18.6 Å². The highest BCUT2D eigenvalue weighted by molar-refractivity contribution is 5.76. The standard InChI is InChI=1S/C9H10O3/c1-11-9(10)7-5-6(7)8-3-2-4-12-8/h2-4,6-7H,5H2,1H3. The Kier molecular flexibility index (Phi) is 1.64. The summed E-state index contributed by atoms with van der Waals surface area (Å²) in [5.41, 5.74) is 0. The van der Waals surface area contributed by atoms with E-state index < -0.39 is 0 Å². The van der Waals surface area contributed by atoms with Crippen molar-refractivity contribution in [3.8, 4) is 0 Å². The van der Waals surface area contributed by atoms with Gasteiger partial charge in [0.25, 0.3) is 0 Å². The van der Waals surface area contributed by atoms with Gasteiger partial charge in [-0.25, -0.2) is 0 Å². The van der Waals surface area contributed by atoms with Gasteiger partial charge in [-0.15, -0.1) is 0 Å². The molecule has 1 aromatic rings. The van der Waals surface area contributed by atoms with Gasteiger partial charge in [-0.1, -0.05) is 0 Å². The molecule has 0 bridgehead atoms. The normalized spacial score (nSPS) is 26.8. The fourth-order valence-electron chi connectivity index (χ4n) is 1.42. The summed E-state index contributed by atoms with van der Waals surface area (Å²) in [7, 11) is 1.42. The van der Waals surface area contributed by atoms with Crippen molar-refractivity contribution in [3.63, 3.8) is 0 Å². The molecule has 2 atom stereocenters. The molecule has 1 saturated carbocycles. The molecule has 0 amide bonds. The lowest BCUT2D eigenvalue weighted by molar-refractivity contribution is -0.142. The summed E-state index contributed by atoms with van der Waals surface area (Å²) < 4.78 is 9.80. The van der Waals surface area contributed by atoms with Crippen LogP contribution in [0.1, 0.15) is 18.1 Å². The number of carbonyl (C=O) groups is 1. The van der Waals surface area contributed by atoms with Crippen LogP contribution in [0.3, 0.4) is 0 Å². The lowest BCUT2D eigenvalue weighted by Gasteiger charge is -1.94. The molecule has 0 spiro atoms. The van der Waals surface area contributed by atoms with E-state index in [1.54, 1.807) is 6.26 Å². The number of hydrogen-bond donors (Lipinski definition) is 0. The van der Waals surface area contributed by atoms with Crippen molar-refractivity contribution >= 4 is 5.97 Å². The van der Waals surface area contributed by atoms with Gasteiger partial charge in [0.2, 0.25) is 0 Å². The Morgan fingerprint density at radius 3 is 3.17 bits per heavy atom. The molecule has 1 fully saturated rings. The minimum absolute atomic E-state index is 0.0288. The molecule has 0 radical (unpaired) electrons. The van der Waals surface area contributed by atoms with Crippen LogP contribution in [-0.4, -0.2) is 13.1 Å². The molecule has 1 aromatic heterocycles. The van der Waals surface area contributed by atoms with Gasteiger partial charge in [0, 0.05) is 5.92 Å². The number of rotatable bonds is 2. The number of ether oxygens (including phenoxy) is 1. The van der Waals surface area contributed by atoms with E-state index in [1.165, 1.54) is 7.11 Å². The predicted octanol–water partition coefficient (Wildman–Crippen LogP) is 1.56. The fraction of sp³-hybridized carbons (Fsp3) is 0.444. The Bertz CT molecular complexity index is 276. The van der Waals surface area contributed by atoms with Crippen molar-refractivity contribution in [3.05, 3.63) is 24.2 Å². The molecular formula is C9H10O3. The average Bonchev–Trinajstić information content (AvgIpc) is 2.71. The van der Waals surface area contributed by atoms with E-state index in [0.717, 1.165) is 12.2 Å². The third-order valence-corrected chi connectivity index (χ3v) is 2.20. The smallest absolute Gasteiger partial charge is 0.309 e. The number of methoxy groups -OCH3 is 1. The zero-order valence-corrected chi connectivity index (χ0v) is 6.82. The molecule has 0 aromatic carbocycles. The van der Waals surface area contributed by atoms with Crippen molar-refractivity contribution < 1.29 is 13.9 Å². The monoisotopic (exact) mass is 166 g/mol. The number of carbonyl (C=O) groups excluding carboxylic acids is 1. The molecule has 1 aliphatic carbocycles. The Hall–Kier alpha value is -1.25. The van der Waals surface area contributed by atoms with E-state index in [-0.39, 0.29) is 17.8 Å². The highest BCUT2D eigenvalue weighted by Gasteiger charge is 2.46. The second-order valence-corrected chi connectivity index (χ2v) is 2.99. The Balaban J connectivity index is 2.01. The van der Waals surface area contributed by atoms with Crippen LogP contribution in [0, 0.1) is 5.92 Å². The summed E-state index contributed by atoms with van der Waals surface area (Å²) >= 11 is 0. The molecule has 64 valence electrons. The maximum Gasteiger partial charge on any atom is 0.309 e.